The third-order valence-electron chi connectivity index (χ3n) is 2.95. The number of para-hydroxylation sites is 1. The van der Waals surface area contributed by atoms with Crippen LogP contribution < -0.4 is 4.90 Å². The Morgan fingerprint density at radius 2 is 2.00 bits per heavy atom. The molecule has 1 heterocycles. The predicted molar refractivity (Wildman–Crippen MR) is 63.8 cm³/mol. The Hall–Kier alpha value is -1.56. The van der Waals surface area contributed by atoms with E-state index >= 15 is 0 Å². The largest absolute Gasteiger partial charge is 0.406 e. The summed E-state index contributed by atoms with van der Waals surface area (Å²) >= 11 is 0. The van der Waals surface area contributed by atoms with Crippen LogP contribution in [0.4, 0.5) is 18.9 Å². The minimum atomic E-state index is -4.43. The molecule has 2 rings (SSSR count). The zero-order valence-corrected chi connectivity index (χ0v) is 10.2. The smallest absolute Gasteiger partial charge is 0.381 e. The number of halogens is 3. The number of amides is 1. The number of carbonyl (C=O) groups is 1. The first-order valence-corrected chi connectivity index (χ1v) is 5.98. The average molecular weight is 273 g/mol. The number of nitrogens with zero attached hydrogens (tertiary/aromatic N) is 1. The summed E-state index contributed by atoms with van der Waals surface area (Å²) in [5, 5.41) is 0. The number of ether oxygens (including phenoxy) is 1. The summed E-state index contributed by atoms with van der Waals surface area (Å²) in [5.74, 6) is -1.01. The van der Waals surface area contributed by atoms with E-state index in [1.54, 1.807) is 18.2 Å². The minimum Gasteiger partial charge on any atom is -0.381 e. The molecule has 6 heteroatoms. The Morgan fingerprint density at radius 3 is 2.53 bits per heavy atom. The molecule has 0 aliphatic carbocycles. The standard InChI is InChI=1S/C13H14F3NO2/c14-13(15,16)9-17(11-4-2-1-3-5-11)12(18)10-6-7-19-8-10/h1-5,10H,6-9H2/t10-/m0/s1. The molecule has 0 aromatic heterocycles. The van der Waals surface area contributed by atoms with Gasteiger partial charge < -0.3 is 9.64 Å². The molecule has 1 aliphatic heterocycles. The van der Waals surface area contributed by atoms with Gasteiger partial charge in [-0.2, -0.15) is 13.2 Å². The van der Waals surface area contributed by atoms with E-state index in [1.807, 2.05) is 0 Å². The first-order chi connectivity index (χ1) is 8.97. The molecule has 1 amide bonds. The van der Waals surface area contributed by atoms with E-state index in [1.165, 1.54) is 12.1 Å². The van der Waals surface area contributed by atoms with Crippen LogP contribution in [0, 0.1) is 5.92 Å². The molecule has 1 aromatic carbocycles. The van der Waals surface area contributed by atoms with E-state index in [2.05, 4.69) is 0 Å². The first kappa shape index (κ1) is 13.9. The summed E-state index contributed by atoms with van der Waals surface area (Å²) in [6.07, 6.45) is -3.95. The molecule has 0 N–H and O–H groups in total. The van der Waals surface area contributed by atoms with Crippen LogP contribution in [0.5, 0.6) is 0 Å². The van der Waals surface area contributed by atoms with Crippen molar-refractivity contribution in [1.82, 2.24) is 0 Å². The lowest BCUT2D eigenvalue weighted by atomic mass is 10.1. The third-order valence-corrected chi connectivity index (χ3v) is 2.95. The quantitative estimate of drug-likeness (QED) is 0.847. The van der Waals surface area contributed by atoms with Gasteiger partial charge in [-0.05, 0) is 18.6 Å². The molecule has 1 fully saturated rings. The van der Waals surface area contributed by atoms with Gasteiger partial charge in [0, 0.05) is 12.3 Å². The van der Waals surface area contributed by atoms with E-state index in [-0.39, 0.29) is 12.3 Å². The van der Waals surface area contributed by atoms with Crippen molar-refractivity contribution in [3.63, 3.8) is 0 Å². The van der Waals surface area contributed by atoms with Crippen molar-refractivity contribution in [2.45, 2.75) is 12.6 Å². The van der Waals surface area contributed by atoms with Gasteiger partial charge in [-0.15, -0.1) is 0 Å². The molecule has 3 nitrogen and oxygen atoms in total. The maximum atomic E-state index is 12.6. The number of benzene rings is 1. The van der Waals surface area contributed by atoms with Crippen LogP contribution in [0.15, 0.2) is 30.3 Å². The molecule has 1 atom stereocenters. The van der Waals surface area contributed by atoms with E-state index in [9.17, 15) is 18.0 Å². The topological polar surface area (TPSA) is 29.5 Å². The highest BCUT2D eigenvalue weighted by Crippen LogP contribution is 2.25. The fourth-order valence-corrected chi connectivity index (χ4v) is 2.03. The summed E-state index contributed by atoms with van der Waals surface area (Å²) in [6.45, 7) is -0.655. The van der Waals surface area contributed by atoms with Crippen molar-refractivity contribution in [3.8, 4) is 0 Å². The molecule has 104 valence electrons. The predicted octanol–water partition coefficient (Wildman–Crippen LogP) is 2.62. The van der Waals surface area contributed by atoms with Gasteiger partial charge in [-0.25, -0.2) is 0 Å². The summed E-state index contributed by atoms with van der Waals surface area (Å²) in [6, 6.07) is 7.91. The fraction of sp³-hybridized carbons (Fsp3) is 0.462. The summed E-state index contributed by atoms with van der Waals surface area (Å²) in [5.41, 5.74) is 0.261. The van der Waals surface area contributed by atoms with Crippen molar-refractivity contribution in [2.75, 3.05) is 24.7 Å². The van der Waals surface area contributed by atoms with Gasteiger partial charge >= 0.3 is 6.18 Å². The lowest BCUT2D eigenvalue weighted by molar-refractivity contribution is -0.134. The highest BCUT2D eigenvalue weighted by molar-refractivity contribution is 5.95. The summed E-state index contributed by atoms with van der Waals surface area (Å²) in [4.78, 5) is 13.0. The molecule has 0 unspecified atom stereocenters. The van der Waals surface area contributed by atoms with Crippen LogP contribution in [0.2, 0.25) is 0 Å². The molecule has 1 saturated heterocycles. The monoisotopic (exact) mass is 273 g/mol. The Labute approximate surface area is 109 Å². The second kappa shape index (κ2) is 5.61. The molecule has 0 radical (unpaired) electrons. The van der Waals surface area contributed by atoms with Crippen LogP contribution in [0.3, 0.4) is 0 Å². The Bertz CT molecular complexity index is 427. The van der Waals surface area contributed by atoms with Gasteiger partial charge in [-0.1, -0.05) is 18.2 Å². The van der Waals surface area contributed by atoms with Gasteiger partial charge in [0.25, 0.3) is 0 Å². The number of rotatable bonds is 3. The maximum absolute atomic E-state index is 12.6. The van der Waals surface area contributed by atoms with Crippen molar-refractivity contribution in [3.05, 3.63) is 30.3 Å². The molecule has 0 bridgehead atoms. The highest BCUT2D eigenvalue weighted by atomic mass is 19.4. The number of carbonyl (C=O) groups excluding carboxylic acids is 1. The molecule has 1 aliphatic rings. The second-order valence-electron chi connectivity index (χ2n) is 4.44. The van der Waals surface area contributed by atoms with Crippen LogP contribution >= 0.6 is 0 Å². The van der Waals surface area contributed by atoms with Gasteiger partial charge in [0.05, 0.1) is 12.5 Å². The first-order valence-electron chi connectivity index (χ1n) is 5.98. The molecular formula is C13H14F3NO2. The highest BCUT2D eigenvalue weighted by Gasteiger charge is 2.37. The average Bonchev–Trinajstić information content (AvgIpc) is 2.89. The number of hydrogen-bond acceptors (Lipinski definition) is 2. The Balaban J connectivity index is 2.21. The minimum absolute atomic E-state index is 0.194. The summed E-state index contributed by atoms with van der Waals surface area (Å²) < 4.78 is 42.9. The molecule has 0 saturated carbocycles. The van der Waals surface area contributed by atoms with Crippen LogP contribution in [0.25, 0.3) is 0 Å². The molecule has 1 aromatic rings. The van der Waals surface area contributed by atoms with E-state index < -0.39 is 24.5 Å². The van der Waals surface area contributed by atoms with Gasteiger partial charge in [0.1, 0.15) is 6.54 Å². The molecule has 19 heavy (non-hydrogen) atoms. The number of hydrogen-bond donors (Lipinski definition) is 0. The van der Waals surface area contributed by atoms with Crippen LogP contribution in [-0.2, 0) is 9.53 Å². The lowest BCUT2D eigenvalue weighted by Crippen LogP contribution is -2.42. The van der Waals surface area contributed by atoms with Crippen LogP contribution in [-0.4, -0.2) is 31.8 Å². The Morgan fingerprint density at radius 1 is 1.32 bits per heavy atom. The van der Waals surface area contributed by atoms with E-state index in [0.29, 0.717) is 13.0 Å². The zero-order chi connectivity index (χ0) is 13.9. The van der Waals surface area contributed by atoms with E-state index in [4.69, 9.17) is 4.74 Å². The summed E-state index contributed by atoms with van der Waals surface area (Å²) in [7, 11) is 0. The lowest BCUT2D eigenvalue weighted by Gasteiger charge is -2.26. The van der Waals surface area contributed by atoms with Crippen molar-refractivity contribution in [1.29, 1.82) is 0 Å². The molecule has 0 spiro atoms. The van der Waals surface area contributed by atoms with Gasteiger partial charge in [0.2, 0.25) is 5.91 Å². The van der Waals surface area contributed by atoms with E-state index in [0.717, 1.165) is 4.90 Å². The second-order valence-corrected chi connectivity index (χ2v) is 4.44. The third kappa shape index (κ3) is 3.70. The van der Waals surface area contributed by atoms with Crippen molar-refractivity contribution in [2.24, 2.45) is 5.92 Å². The SMILES string of the molecule is O=C([C@H]1CCOC1)N(CC(F)(F)F)c1ccccc1. The van der Waals surface area contributed by atoms with Crippen molar-refractivity contribution >= 4 is 11.6 Å². The van der Waals surface area contributed by atoms with Crippen LogP contribution in [0.1, 0.15) is 6.42 Å². The Kier molecular flexibility index (Phi) is 4.09. The van der Waals surface area contributed by atoms with Gasteiger partial charge in [-0.3, -0.25) is 4.79 Å². The maximum Gasteiger partial charge on any atom is 0.406 e. The van der Waals surface area contributed by atoms with Gasteiger partial charge in [0.15, 0.2) is 0 Å². The number of anilines is 1. The molecular weight excluding hydrogens is 259 g/mol. The fourth-order valence-electron chi connectivity index (χ4n) is 2.03. The zero-order valence-electron chi connectivity index (χ0n) is 10.2. The normalized spacial score (nSPS) is 19.4. The number of alkyl halides is 3. The van der Waals surface area contributed by atoms with Crippen molar-refractivity contribution < 1.29 is 22.7 Å².